The summed E-state index contributed by atoms with van der Waals surface area (Å²) in [5, 5.41) is 7.44. The second-order valence-electron chi connectivity index (χ2n) is 4.47. The van der Waals surface area contributed by atoms with E-state index in [4.69, 9.17) is 11.1 Å². The molecule has 1 aromatic carbocycles. The van der Waals surface area contributed by atoms with Gasteiger partial charge < -0.3 is 5.73 Å². The first kappa shape index (κ1) is 13.0. The van der Waals surface area contributed by atoms with Crippen molar-refractivity contribution in [2.24, 2.45) is 11.7 Å². The van der Waals surface area contributed by atoms with Crippen molar-refractivity contribution in [1.82, 2.24) is 4.31 Å². The van der Waals surface area contributed by atoms with E-state index < -0.39 is 10.0 Å². The van der Waals surface area contributed by atoms with Gasteiger partial charge in [-0.05, 0) is 25.0 Å². The van der Waals surface area contributed by atoms with Gasteiger partial charge in [0.1, 0.15) is 0 Å². The van der Waals surface area contributed by atoms with Crippen molar-refractivity contribution >= 4 is 15.9 Å². The van der Waals surface area contributed by atoms with Gasteiger partial charge in [0.05, 0.1) is 10.7 Å². The Morgan fingerprint density at radius 3 is 2.61 bits per heavy atom. The zero-order valence-corrected chi connectivity index (χ0v) is 10.9. The van der Waals surface area contributed by atoms with Crippen LogP contribution in [0.25, 0.3) is 0 Å². The molecule has 98 valence electrons. The van der Waals surface area contributed by atoms with E-state index in [1.807, 2.05) is 0 Å². The van der Waals surface area contributed by atoms with Gasteiger partial charge in [-0.2, -0.15) is 4.31 Å². The maximum Gasteiger partial charge on any atom is 0.243 e. The molecule has 1 saturated heterocycles. The highest BCUT2D eigenvalue weighted by Gasteiger charge is 2.31. The summed E-state index contributed by atoms with van der Waals surface area (Å²) in [4.78, 5) is 0.300. The summed E-state index contributed by atoms with van der Waals surface area (Å²) < 4.78 is 26.2. The molecule has 1 fully saturated rings. The third-order valence-electron chi connectivity index (χ3n) is 3.20. The minimum Gasteiger partial charge on any atom is -0.387 e. The van der Waals surface area contributed by atoms with Crippen molar-refractivity contribution in [1.29, 1.82) is 5.41 Å². The van der Waals surface area contributed by atoms with E-state index in [2.05, 4.69) is 0 Å². The number of rotatable bonds is 3. The SMILES string of the molecule is N=C(N)[C@H]1CCCN(S(=O)(=O)c2ccccc2)C1. The van der Waals surface area contributed by atoms with Crippen LogP contribution >= 0.6 is 0 Å². The standard InChI is InChI=1S/C12H17N3O2S/c13-12(14)10-5-4-8-15(9-10)18(16,17)11-6-2-1-3-7-11/h1-3,6-7,10H,4-5,8-9H2,(H3,13,14)/t10-/m0/s1. The van der Waals surface area contributed by atoms with E-state index in [0.717, 1.165) is 12.8 Å². The third-order valence-corrected chi connectivity index (χ3v) is 5.08. The Kier molecular flexibility index (Phi) is 3.68. The van der Waals surface area contributed by atoms with Crippen LogP contribution in [0.1, 0.15) is 12.8 Å². The smallest absolute Gasteiger partial charge is 0.243 e. The molecule has 0 aromatic heterocycles. The number of amidine groups is 1. The van der Waals surface area contributed by atoms with Crippen LogP contribution < -0.4 is 5.73 Å². The monoisotopic (exact) mass is 267 g/mol. The quantitative estimate of drug-likeness (QED) is 0.633. The number of nitrogens with two attached hydrogens (primary N) is 1. The molecular formula is C12H17N3O2S. The van der Waals surface area contributed by atoms with Gasteiger partial charge >= 0.3 is 0 Å². The molecule has 0 saturated carbocycles. The lowest BCUT2D eigenvalue weighted by atomic mass is 9.99. The molecule has 1 heterocycles. The van der Waals surface area contributed by atoms with Crippen molar-refractivity contribution in [3.05, 3.63) is 30.3 Å². The molecule has 1 aliphatic heterocycles. The van der Waals surface area contributed by atoms with Gasteiger partial charge in [0, 0.05) is 19.0 Å². The summed E-state index contributed by atoms with van der Waals surface area (Å²) in [7, 11) is -3.45. The van der Waals surface area contributed by atoms with Gasteiger partial charge in [-0.25, -0.2) is 8.42 Å². The van der Waals surface area contributed by atoms with Crippen LogP contribution in [0, 0.1) is 11.3 Å². The molecule has 0 aliphatic carbocycles. The summed E-state index contributed by atoms with van der Waals surface area (Å²) in [6, 6.07) is 8.38. The van der Waals surface area contributed by atoms with Crippen LogP contribution in [0.3, 0.4) is 0 Å². The number of piperidine rings is 1. The Balaban J connectivity index is 2.23. The number of hydrogen-bond acceptors (Lipinski definition) is 3. The van der Waals surface area contributed by atoms with Gasteiger partial charge in [0.15, 0.2) is 0 Å². The topological polar surface area (TPSA) is 87.2 Å². The van der Waals surface area contributed by atoms with Crippen LogP contribution in [0.2, 0.25) is 0 Å². The lowest BCUT2D eigenvalue weighted by Crippen LogP contribution is -2.43. The van der Waals surface area contributed by atoms with Gasteiger partial charge in [0.2, 0.25) is 10.0 Å². The Morgan fingerprint density at radius 2 is 2.00 bits per heavy atom. The Hall–Kier alpha value is -1.40. The highest BCUT2D eigenvalue weighted by molar-refractivity contribution is 7.89. The van der Waals surface area contributed by atoms with E-state index in [-0.39, 0.29) is 11.8 Å². The van der Waals surface area contributed by atoms with Crippen LogP contribution in [0.5, 0.6) is 0 Å². The van der Waals surface area contributed by atoms with Gasteiger partial charge in [-0.15, -0.1) is 0 Å². The van der Waals surface area contributed by atoms with Gasteiger partial charge in [0.25, 0.3) is 0 Å². The maximum atomic E-state index is 12.4. The van der Waals surface area contributed by atoms with E-state index >= 15 is 0 Å². The molecule has 0 spiro atoms. The minimum absolute atomic E-state index is 0.0722. The molecule has 5 nitrogen and oxygen atoms in total. The molecule has 0 bridgehead atoms. The zero-order chi connectivity index (χ0) is 13.2. The van der Waals surface area contributed by atoms with Crippen LogP contribution in [0.4, 0.5) is 0 Å². The number of sulfonamides is 1. The summed E-state index contributed by atoms with van der Waals surface area (Å²) in [6.07, 6.45) is 1.53. The number of hydrogen-bond donors (Lipinski definition) is 2. The predicted octanol–water partition coefficient (Wildman–Crippen LogP) is 1.02. The van der Waals surface area contributed by atoms with Crippen LogP contribution in [0.15, 0.2) is 35.2 Å². The average Bonchev–Trinajstić information content (AvgIpc) is 2.40. The molecule has 1 atom stereocenters. The maximum absolute atomic E-state index is 12.4. The van der Waals surface area contributed by atoms with E-state index in [9.17, 15) is 8.42 Å². The Labute approximate surface area is 107 Å². The minimum atomic E-state index is -3.45. The van der Waals surface area contributed by atoms with E-state index in [1.54, 1.807) is 30.3 Å². The van der Waals surface area contributed by atoms with Crippen molar-refractivity contribution < 1.29 is 8.42 Å². The first-order valence-electron chi connectivity index (χ1n) is 5.91. The molecule has 1 aromatic rings. The number of benzene rings is 1. The van der Waals surface area contributed by atoms with E-state index in [0.29, 0.717) is 18.0 Å². The van der Waals surface area contributed by atoms with E-state index in [1.165, 1.54) is 4.31 Å². The summed E-state index contributed by atoms with van der Waals surface area (Å²) >= 11 is 0. The Bertz CT molecular complexity index is 528. The highest BCUT2D eigenvalue weighted by Crippen LogP contribution is 2.23. The van der Waals surface area contributed by atoms with Gasteiger partial charge in [-0.3, -0.25) is 5.41 Å². The molecular weight excluding hydrogens is 250 g/mol. The summed E-state index contributed by atoms with van der Waals surface area (Å²) in [5.41, 5.74) is 5.47. The molecule has 0 unspecified atom stereocenters. The Morgan fingerprint density at radius 1 is 1.33 bits per heavy atom. The second-order valence-corrected chi connectivity index (χ2v) is 6.41. The predicted molar refractivity (Wildman–Crippen MR) is 69.8 cm³/mol. The number of nitrogens with zero attached hydrogens (tertiary/aromatic N) is 1. The average molecular weight is 267 g/mol. The molecule has 0 radical (unpaired) electrons. The third kappa shape index (κ3) is 2.54. The molecule has 1 aliphatic rings. The first-order chi connectivity index (χ1) is 8.51. The fourth-order valence-electron chi connectivity index (χ4n) is 2.16. The van der Waals surface area contributed by atoms with Crippen molar-refractivity contribution in [2.75, 3.05) is 13.1 Å². The first-order valence-corrected chi connectivity index (χ1v) is 7.35. The highest BCUT2D eigenvalue weighted by atomic mass is 32.2. The summed E-state index contributed by atoms with van der Waals surface area (Å²) in [6.45, 7) is 0.813. The summed E-state index contributed by atoms with van der Waals surface area (Å²) in [5.74, 6) is -0.0831. The fraction of sp³-hybridized carbons (Fsp3) is 0.417. The molecule has 18 heavy (non-hydrogen) atoms. The van der Waals surface area contributed by atoms with Crippen LogP contribution in [-0.4, -0.2) is 31.6 Å². The second kappa shape index (κ2) is 5.07. The number of nitrogens with one attached hydrogen (secondary N) is 1. The lowest BCUT2D eigenvalue weighted by molar-refractivity contribution is 0.310. The van der Waals surface area contributed by atoms with Crippen molar-refractivity contribution in [3.8, 4) is 0 Å². The molecule has 2 rings (SSSR count). The normalized spacial score (nSPS) is 21.7. The molecule has 0 amide bonds. The molecule has 3 N–H and O–H groups in total. The fourth-order valence-corrected chi connectivity index (χ4v) is 3.70. The van der Waals surface area contributed by atoms with Crippen molar-refractivity contribution in [2.45, 2.75) is 17.7 Å². The molecule has 6 heteroatoms. The van der Waals surface area contributed by atoms with Crippen molar-refractivity contribution in [3.63, 3.8) is 0 Å². The zero-order valence-electron chi connectivity index (χ0n) is 10.0. The lowest BCUT2D eigenvalue weighted by Gasteiger charge is -2.31. The largest absolute Gasteiger partial charge is 0.387 e. The van der Waals surface area contributed by atoms with Gasteiger partial charge in [-0.1, -0.05) is 18.2 Å². The van der Waals surface area contributed by atoms with Crippen LogP contribution in [-0.2, 0) is 10.0 Å².